The predicted molar refractivity (Wildman–Crippen MR) is 71.3 cm³/mol. The van der Waals surface area contributed by atoms with Gasteiger partial charge in [0.15, 0.2) is 4.87 Å². The number of carbonyl (C=O) groups is 1. The van der Waals surface area contributed by atoms with Gasteiger partial charge in [0.25, 0.3) is 0 Å². The molecule has 1 aliphatic heterocycles. The van der Waals surface area contributed by atoms with E-state index < -0.39 is 23.6 Å². The smallest absolute Gasteiger partial charge is 0.322 e. The molecule has 0 spiro atoms. The summed E-state index contributed by atoms with van der Waals surface area (Å²) in [6, 6.07) is 3.23. The maximum atomic E-state index is 13.4. The zero-order valence-corrected chi connectivity index (χ0v) is 11.9. The maximum Gasteiger partial charge on any atom is 0.413 e. The van der Waals surface area contributed by atoms with Gasteiger partial charge in [-0.1, -0.05) is 11.6 Å². The van der Waals surface area contributed by atoms with Gasteiger partial charge in [-0.2, -0.15) is 13.2 Å². The minimum atomic E-state index is -4.73. The van der Waals surface area contributed by atoms with Crippen molar-refractivity contribution >= 4 is 34.9 Å². The highest BCUT2D eigenvalue weighted by molar-refractivity contribution is 6.31. The van der Waals surface area contributed by atoms with Crippen LogP contribution in [0.5, 0.6) is 0 Å². The van der Waals surface area contributed by atoms with Crippen molar-refractivity contribution in [1.29, 1.82) is 0 Å². The molecule has 0 saturated carbocycles. The number of nitrogens with zero attached hydrogens (tertiary/aromatic N) is 1. The Kier molecular flexibility index (Phi) is 3.81. The first-order chi connectivity index (χ1) is 9.19. The monoisotopic (exact) mass is 326 g/mol. The fraction of sp³-hybridized carbons (Fsp3) is 0.417. The summed E-state index contributed by atoms with van der Waals surface area (Å²) < 4.78 is 40.2. The first-order valence-corrected chi connectivity index (χ1v) is 6.56. The number of halogens is 5. The van der Waals surface area contributed by atoms with Crippen LogP contribution in [0.1, 0.15) is 12.5 Å². The van der Waals surface area contributed by atoms with Crippen LogP contribution in [0.2, 0.25) is 5.02 Å². The third-order valence-electron chi connectivity index (χ3n) is 3.18. The lowest BCUT2D eigenvalue weighted by atomic mass is 9.95. The first-order valence-electron chi connectivity index (χ1n) is 5.80. The summed E-state index contributed by atoms with van der Waals surface area (Å²) in [6.45, 7) is 1.02. The van der Waals surface area contributed by atoms with Gasteiger partial charge in [0.1, 0.15) is 0 Å². The van der Waals surface area contributed by atoms with Crippen molar-refractivity contribution in [2.24, 2.45) is 0 Å². The van der Waals surface area contributed by atoms with Crippen molar-refractivity contribution < 1.29 is 18.0 Å². The quantitative estimate of drug-likeness (QED) is 0.770. The SMILES string of the molecule is CCN1CC(Cl)(C(F)(F)F)c2cc(Cl)ccc2NC1=O. The second-order valence-electron chi connectivity index (χ2n) is 4.43. The summed E-state index contributed by atoms with van der Waals surface area (Å²) in [5.41, 5.74) is -0.230. The predicted octanol–water partition coefficient (Wildman–Crippen LogP) is 4.20. The summed E-state index contributed by atoms with van der Waals surface area (Å²) in [7, 11) is 0. The number of alkyl halides is 4. The van der Waals surface area contributed by atoms with Gasteiger partial charge in [-0.05, 0) is 25.1 Å². The Morgan fingerprint density at radius 1 is 1.45 bits per heavy atom. The van der Waals surface area contributed by atoms with E-state index in [0.29, 0.717) is 0 Å². The van der Waals surface area contributed by atoms with Crippen molar-refractivity contribution in [3.63, 3.8) is 0 Å². The normalized spacial score (nSPS) is 23.1. The maximum absolute atomic E-state index is 13.4. The molecule has 1 heterocycles. The van der Waals surface area contributed by atoms with Gasteiger partial charge in [0.05, 0.1) is 6.54 Å². The van der Waals surface area contributed by atoms with E-state index in [1.165, 1.54) is 12.1 Å². The number of hydrogen-bond donors (Lipinski definition) is 1. The van der Waals surface area contributed by atoms with Gasteiger partial charge >= 0.3 is 12.2 Å². The molecular weight excluding hydrogens is 316 g/mol. The van der Waals surface area contributed by atoms with E-state index in [9.17, 15) is 18.0 Å². The molecule has 0 aromatic heterocycles. The Balaban J connectivity index is 2.66. The Hall–Kier alpha value is -1.14. The number of benzene rings is 1. The number of carbonyl (C=O) groups excluding carboxylic acids is 1. The molecule has 1 aromatic rings. The lowest BCUT2D eigenvalue weighted by Crippen LogP contribution is -2.47. The lowest BCUT2D eigenvalue weighted by molar-refractivity contribution is -0.167. The minimum absolute atomic E-state index is 0.0164. The van der Waals surface area contributed by atoms with E-state index >= 15 is 0 Å². The molecule has 1 aromatic carbocycles. The summed E-state index contributed by atoms with van der Waals surface area (Å²) in [4.78, 5) is 10.2. The highest BCUT2D eigenvalue weighted by atomic mass is 35.5. The lowest BCUT2D eigenvalue weighted by Gasteiger charge is -2.32. The molecule has 0 fully saturated rings. The Morgan fingerprint density at radius 2 is 2.10 bits per heavy atom. The van der Waals surface area contributed by atoms with Gasteiger partial charge < -0.3 is 10.2 Å². The average molecular weight is 327 g/mol. The molecule has 1 atom stereocenters. The van der Waals surface area contributed by atoms with Crippen molar-refractivity contribution in [3.05, 3.63) is 28.8 Å². The fourth-order valence-corrected chi connectivity index (χ4v) is 2.54. The zero-order chi connectivity index (χ0) is 15.1. The second kappa shape index (κ2) is 5.00. The number of rotatable bonds is 1. The minimum Gasteiger partial charge on any atom is -0.322 e. The number of amides is 2. The molecule has 2 amide bonds. The largest absolute Gasteiger partial charge is 0.413 e. The standard InChI is InChI=1S/C12H11Cl2F3N2O/c1-2-19-6-11(14,12(15,16)17)8-5-7(13)3-4-9(8)18-10(19)20/h3-5H,2,6H2,1H3,(H,18,20). The Bertz CT molecular complexity index is 550. The molecule has 20 heavy (non-hydrogen) atoms. The highest BCUT2D eigenvalue weighted by Gasteiger charge is 2.58. The number of anilines is 1. The molecule has 0 saturated heterocycles. The molecule has 0 aliphatic carbocycles. The van der Waals surface area contributed by atoms with E-state index in [0.717, 1.165) is 11.0 Å². The summed E-state index contributed by atoms with van der Waals surface area (Å²) in [5.74, 6) is 0. The van der Waals surface area contributed by atoms with Crippen molar-refractivity contribution in [3.8, 4) is 0 Å². The summed E-state index contributed by atoms with van der Waals surface area (Å²) >= 11 is 11.6. The van der Waals surface area contributed by atoms with E-state index in [1.807, 2.05) is 0 Å². The van der Waals surface area contributed by atoms with Gasteiger partial charge in [-0.15, -0.1) is 11.6 Å². The van der Waals surface area contributed by atoms with Gasteiger partial charge in [0, 0.05) is 22.8 Å². The van der Waals surface area contributed by atoms with E-state index in [-0.39, 0.29) is 22.8 Å². The number of fused-ring (bicyclic) bond motifs is 1. The number of nitrogens with one attached hydrogen (secondary N) is 1. The van der Waals surface area contributed by atoms with Crippen LogP contribution in [0.3, 0.4) is 0 Å². The van der Waals surface area contributed by atoms with Crippen LogP contribution in [0.25, 0.3) is 0 Å². The van der Waals surface area contributed by atoms with Crippen LogP contribution in [-0.2, 0) is 4.87 Å². The van der Waals surface area contributed by atoms with Crippen molar-refractivity contribution in [2.45, 2.75) is 18.0 Å². The number of hydrogen-bond acceptors (Lipinski definition) is 1. The molecule has 8 heteroatoms. The molecule has 3 nitrogen and oxygen atoms in total. The van der Waals surface area contributed by atoms with Crippen LogP contribution < -0.4 is 5.32 Å². The van der Waals surface area contributed by atoms with Crippen LogP contribution in [0.4, 0.5) is 23.7 Å². The molecule has 2 rings (SSSR count). The summed E-state index contributed by atoms with van der Waals surface area (Å²) in [6.07, 6.45) is -4.73. The molecule has 1 unspecified atom stereocenters. The molecule has 0 radical (unpaired) electrons. The second-order valence-corrected chi connectivity index (χ2v) is 5.51. The van der Waals surface area contributed by atoms with Gasteiger partial charge in [-0.3, -0.25) is 0 Å². The molecule has 1 aliphatic rings. The van der Waals surface area contributed by atoms with Crippen LogP contribution >= 0.6 is 23.2 Å². The van der Waals surface area contributed by atoms with Gasteiger partial charge in [0.2, 0.25) is 0 Å². The van der Waals surface area contributed by atoms with Crippen molar-refractivity contribution in [2.75, 3.05) is 18.4 Å². The highest BCUT2D eigenvalue weighted by Crippen LogP contribution is 2.49. The fourth-order valence-electron chi connectivity index (χ4n) is 2.07. The zero-order valence-electron chi connectivity index (χ0n) is 10.4. The molecule has 1 N–H and O–H groups in total. The third-order valence-corrected chi connectivity index (χ3v) is 3.95. The summed E-state index contributed by atoms with van der Waals surface area (Å²) in [5, 5.41) is 2.54. The van der Waals surface area contributed by atoms with E-state index in [2.05, 4.69) is 5.32 Å². The first kappa shape index (κ1) is 15.3. The van der Waals surface area contributed by atoms with Gasteiger partial charge in [-0.25, -0.2) is 4.79 Å². The van der Waals surface area contributed by atoms with E-state index in [4.69, 9.17) is 23.2 Å². The number of likely N-dealkylation sites (N-methyl/N-ethyl adjacent to an activating group) is 1. The third kappa shape index (κ3) is 2.42. The molecular formula is C12H11Cl2F3N2O. The van der Waals surface area contributed by atoms with E-state index in [1.54, 1.807) is 6.92 Å². The molecule has 110 valence electrons. The van der Waals surface area contributed by atoms with Crippen molar-refractivity contribution in [1.82, 2.24) is 4.90 Å². The Labute approximate surface area is 123 Å². The molecule has 0 bridgehead atoms. The van der Waals surface area contributed by atoms with Crippen LogP contribution in [-0.4, -0.2) is 30.2 Å². The van der Waals surface area contributed by atoms with Crippen LogP contribution in [0, 0.1) is 0 Å². The average Bonchev–Trinajstić information content (AvgIpc) is 2.46. The van der Waals surface area contributed by atoms with Crippen LogP contribution in [0.15, 0.2) is 18.2 Å². The Morgan fingerprint density at radius 3 is 2.65 bits per heavy atom. The number of urea groups is 1. The topological polar surface area (TPSA) is 32.3 Å².